The zero-order chi connectivity index (χ0) is 14.0. The minimum absolute atomic E-state index is 0.166. The lowest BCUT2D eigenvalue weighted by Crippen LogP contribution is -2.37. The van der Waals surface area contributed by atoms with Crippen molar-refractivity contribution in [1.82, 2.24) is 10.3 Å². The van der Waals surface area contributed by atoms with Crippen LogP contribution in [0.4, 0.5) is 0 Å². The normalized spacial score (nSPS) is 12.1. The lowest BCUT2D eigenvalue weighted by Gasteiger charge is -2.20. The summed E-state index contributed by atoms with van der Waals surface area (Å²) < 4.78 is 5.36. The number of fused-ring (bicyclic) bond motifs is 1. The van der Waals surface area contributed by atoms with Gasteiger partial charge in [0.15, 0.2) is 0 Å². The van der Waals surface area contributed by atoms with E-state index in [9.17, 15) is 0 Å². The lowest BCUT2D eigenvalue weighted by atomic mass is 10.1. The third-order valence-electron chi connectivity index (χ3n) is 3.33. The molecule has 0 saturated carbocycles. The molecular weight excluding hydrogens is 236 g/mol. The molecule has 1 aromatic carbocycles. The van der Waals surface area contributed by atoms with Crippen molar-refractivity contribution in [3.8, 4) is 5.75 Å². The summed E-state index contributed by atoms with van der Waals surface area (Å²) in [6.07, 6.45) is 3.13. The minimum atomic E-state index is 0.166. The molecule has 0 unspecified atom stereocenters. The predicted molar refractivity (Wildman–Crippen MR) is 81.0 cm³/mol. The maximum absolute atomic E-state index is 5.36. The van der Waals surface area contributed by atoms with Crippen molar-refractivity contribution in [2.24, 2.45) is 0 Å². The van der Waals surface area contributed by atoms with Crippen LogP contribution in [-0.2, 0) is 6.42 Å². The van der Waals surface area contributed by atoms with E-state index in [0.717, 1.165) is 18.7 Å². The molecule has 0 spiro atoms. The van der Waals surface area contributed by atoms with Crippen LogP contribution < -0.4 is 10.1 Å². The highest BCUT2D eigenvalue weighted by molar-refractivity contribution is 5.87. The van der Waals surface area contributed by atoms with Crippen LogP contribution in [-0.4, -0.2) is 24.2 Å². The zero-order valence-electron chi connectivity index (χ0n) is 12.6. The Kier molecular flexibility index (Phi) is 3.85. The summed E-state index contributed by atoms with van der Waals surface area (Å²) in [7, 11) is 1.72. The molecule has 0 aliphatic carbocycles. The van der Waals surface area contributed by atoms with Gasteiger partial charge < -0.3 is 15.0 Å². The first kappa shape index (κ1) is 13.9. The van der Waals surface area contributed by atoms with Crippen LogP contribution in [0.1, 0.15) is 31.9 Å². The number of H-pyrrole nitrogens is 1. The number of aromatic nitrogens is 1. The number of aryl methyl sites for hydroxylation is 1. The van der Waals surface area contributed by atoms with Gasteiger partial charge in [-0.25, -0.2) is 0 Å². The third kappa shape index (κ3) is 3.29. The van der Waals surface area contributed by atoms with Crippen molar-refractivity contribution in [3.63, 3.8) is 0 Å². The fourth-order valence-electron chi connectivity index (χ4n) is 2.33. The largest absolute Gasteiger partial charge is 0.497 e. The molecular formula is C16H24N2O. The third-order valence-corrected chi connectivity index (χ3v) is 3.33. The molecule has 0 amide bonds. The highest BCUT2D eigenvalue weighted by Crippen LogP contribution is 2.27. The van der Waals surface area contributed by atoms with Crippen molar-refractivity contribution >= 4 is 10.9 Å². The van der Waals surface area contributed by atoms with Crippen LogP contribution >= 0.6 is 0 Å². The Balaban J connectivity index is 2.22. The molecule has 0 fully saturated rings. The first-order valence-electron chi connectivity index (χ1n) is 6.80. The van der Waals surface area contributed by atoms with Crippen LogP contribution in [0.3, 0.4) is 0 Å². The van der Waals surface area contributed by atoms with Gasteiger partial charge in [0.1, 0.15) is 5.75 Å². The molecule has 2 N–H and O–H groups in total. The highest BCUT2D eigenvalue weighted by Gasteiger charge is 2.11. The Morgan fingerprint density at radius 2 is 2.00 bits per heavy atom. The molecule has 1 heterocycles. The van der Waals surface area contributed by atoms with Crippen LogP contribution in [0.15, 0.2) is 18.3 Å². The molecule has 0 saturated heterocycles. The number of hydrogen-bond acceptors (Lipinski definition) is 2. The average molecular weight is 260 g/mol. The predicted octanol–water partition coefficient (Wildman–Crippen LogP) is 3.42. The summed E-state index contributed by atoms with van der Waals surface area (Å²) in [6.45, 7) is 9.66. The van der Waals surface area contributed by atoms with Gasteiger partial charge in [-0.2, -0.15) is 0 Å². The number of aromatic amines is 1. The molecule has 3 heteroatoms. The van der Waals surface area contributed by atoms with Gasteiger partial charge >= 0.3 is 0 Å². The first-order chi connectivity index (χ1) is 8.90. The summed E-state index contributed by atoms with van der Waals surface area (Å²) in [4.78, 5) is 3.37. The summed E-state index contributed by atoms with van der Waals surface area (Å²) in [6, 6.07) is 4.18. The average Bonchev–Trinajstić information content (AvgIpc) is 2.71. The number of rotatable bonds is 4. The first-order valence-corrected chi connectivity index (χ1v) is 6.80. The second-order valence-electron chi connectivity index (χ2n) is 6.11. The van der Waals surface area contributed by atoms with Gasteiger partial charge in [-0.1, -0.05) is 0 Å². The van der Waals surface area contributed by atoms with E-state index >= 15 is 0 Å². The fraction of sp³-hybridized carbons (Fsp3) is 0.500. The summed E-state index contributed by atoms with van der Waals surface area (Å²) in [5, 5.41) is 4.79. The standard InChI is InChI=1S/C16H24N2O/c1-11-8-13(19-5)9-14-12(10-17-15(11)14)6-7-18-16(2,3)4/h8-10,17-18H,6-7H2,1-5H3. The number of nitrogens with one attached hydrogen (secondary N) is 2. The van der Waals surface area contributed by atoms with Gasteiger partial charge in [-0.3, -0.25) is 0 Å². The van der Waals surface area contributed by atoms with Crippen LogP contribution in [0, 0.1) is 6.92 Å². The van der Waals surface area contributed by atoms with Gasteiger partial charge in [0.2, 0.25) is 0 Å². The molecule has 0 aliphatic heterocycles. The van der Waals surface area contributed by atoms with Crippen LogP contribution in [0.5, 0.6) is 5.75 Å². The molecule has 2 rings (SSSR count). The number of hydrogen-bond donors (Lipinski definition) is 2. The van der Waals surface area contributed by atoms with Crippen LogP contribution in [0.25, 0.3) is 10.9 Å². The highest BCUT2D eigenvalue weighted by atomic mass is 16.5. The van der Waals surface area contributed by atoms with Gasteiger partial charge in [-0.15, -0.1) is 0 Å². The van der Waals surface area contributed by atoms with E-state index in [1.165, 1.54) is 22.0 Å². The zero-order valence-corrected chi connectivity index (χ0v) is 12.6. The quantitative estimate of drug-likeness (QED) is 0.884. The van der Waals surface area contributed by atoms with Gasteiger partial charge in [-0.05, 0) is 63.9 Å². The van der Waals surface area contributed by atoms with E-state index in [-0.39, 0.29) is 5.54 Å². The molecule has 3 nitrogen and oxygen atoms in total. The fourth-order valence-corrected chi connectivity index (χ4v) is 2.33. The maximum Gasteiger partial charge on any atom is 0.119 e. The van der Waals surface area contributed by atoms with Crippen molar-refractivity contribution in [2.45, 2.75) is 39.7 Å². The minimum Gasteiger partial charge on any atom is -0.497 e. The van der Waals surface area contributed by atoms with Gasteiger partial charge in [0.25, 0.3) is 0 Å². The van der Waals surface area contributed by atoms with Crippen molar-refractivity contribution in [3.05, 3.63) is 29.5 Å². The van der Waals surface area contributed by atoms with E-state index in [0.29, 0.717) is 0 Å². The van der Waals surface area contributed by atoms with Crippen LogP contribution in [0.2, 0.25) is 0 Å². The lowest BCUT2D eigenvalue weighted by molar-refractivity contribution is 0.415. The Labute approximate surface area is 115 Å². The molecule has 2 aromatic rings. The Morgan fingerprint density at radius 3 is 2.63 bits per heavy atom. The Morgan fingerprint density at radius 1 is 1.26 bits per heavy atom. The smallest absolute Gasteiger partial charge is 0.119 e. The van der Waals surface area contributed by atoms with Crippen molar-refractivity contribution < 1.29 is 4.74 Å². The maximum atomic E-state index is 5.36. The molecule has 1 aromatic heterocycles. The molecule has 0 radical (unpaired) electrons. The SMILES string of the molecule is COc1cc(C)c2[nH]cc(CCNC(C)(C)C)c2c1. The van der Waals surface area contributed by atoms with E-state index in [2.05, 4.69) is 56.3 Å². The number of methoxy groups -OCH3 is 1. The number of benzene rings is 1. The monoisotopic (exact) mass is 260 g/mol. The van der Waals surface area contributed by atoms with E-state index < -0.39 is 0 Å². The summed E-state index contributed by atoms with van der Waals surface area (Å²) in [5.41, 5.74) is 3.95. The van der Waals surface area contributed by atoms with Gasteiger partial charge in [0, 0.05) is 22.6 Å². The van der Waals surface area contributed by atoms with E-state index in [1.54, 1.807) is 7.11 Å². The summed E-state index contributed by atoms with van der Waals surface area (Å²) in [5.74, 6) is 0.926. The van der Waals surface area contributed by atoms with E-state index in [1.807, 2.05) is 0 Å². The second kappa shape index (κ2) is 5.25. The molecule has 19 heavy (non-hydrogen) atoms. The molecule has 0 aliphatic rings. The van der Waals surface area contributed by atoms with E-state index in [4.69, 9.17) is 4.74 Å². The molecule has 0 atom stereocenters. The van der Waals surface area contributed by atoms with Gasteiger partial charge in [0.05, 0.1) is 7.11 Å². The molecule has 0 bridgehead atoms. The second-order valence-corrected chi connectivity index (χ2v) is 6.11. The summed E-state index contributed by atoms with van der Waals surface area (Å²) >= 11 is 0. The molecule has 104 valence electrons. The van der Waals surface area contributed by atoms with Crippen molar-refractivity contribution in [1.29, 1.82) is 0 Å². The Bertz CT molecular complexity index is 564. The Hall–Kier alpha value is -1.48. The van der Waals surface area contributed by atoms with Crippen molar-refractivity contribution in [2.75, 3.05) is 13.7 Å². The topological polar surface area (TPSA) is 37.0 Å². The number of ether oxygens (including phenoxy) is 1.